The van der Waals surface area contributed by atoms with Crippen molar-refractivity contribution >= 4 is 33.4 Å². The zero-order chi connectivity index (χ0) is 12.8. The summed E-state index contributed by atoms with van der Waals surface area (Å²) in [5, 5.41) is 0. The molecule has 0 fully saturated rings. The Morgan fingerprint density at radius 3 is 3.00 bits per heavy atom. The fourth-order valence-electron chi connectivity index (χ4n) is 2.12. The van der Waals surface area contributed by atoms with Gasteiger partial charge in [0.1, 0.15) is 0 Å². The van der Waals surface area contributed by atoms with Gasteiger partial charge in [-0.2, -0.15) is 0 Å². The van der Waals surface area contributed by atoms with Gasteiger partial charge < -0.3 is 4.42 Å². The summed E-state index contributed by atoms with van der Waals surface area (Å²) in [4.78, 5) is 17.6. The molecule has 0 spiro atoms. The van der Waals surface area contributed by atoms with Crippen molar-refractivity contribution in [1.29, 1.82) is 0 Å². The highest BCUT2D eigenvalue weighted by Crippen LogP contribution is 2.15. The number of hydrogen-bond acceptors (Lipinski definition) is 4. The lowest BCUT2D eigenvalue weighted by atomic mass is 10.3. The lowest BCUT2D eigenvalue weighted by molar-refractivity contribution is 0.567. The SMILES string of the molecule is O=c1/c(=C/c2ccoc2)sc2nc3ccccc3n12. The summed E-state index contributed by atoms with van der Waals surface area (Å²) in [6.07, 6.45) is 5.02. The lowest BCUT2D eigenvalue weighted by Crippen LogP contribution is -2.22. The fourth-order valence-corrected chi connectivity index (χ4v) is 3.11. The van der Waals surface area contributed by atoms with Crippen LogP contribution >= 0.6 is 11.3 Å². The van der Waals surface area contributed by atoms with Crippen molar-refractivity contribution in [2.75, 3.05) is 0 Å². The maximum atomic E-state index is 12.4. The van der Waals surface area contributed by atoms with Crippen LogP contribution in [0.25, 0.3) is 22.1 Å². The number of furan rings is 1. The van der Waals surface area contributed by atoms with Gasteiger partial charge in [0, 0.05) is 5.56 Å². The highest BCUT2D eigenvalue weighted by molar-refractivity contribution is 7.15. The minimum absolute atomic E-state index is 0.0325. The molecule has 0 bridgehead atoms. The Hall–Kier alpha value is -2.40. The molecular weight excluding hydrogens is 260 g/mol. The van der Waals surface area contributed by atoms with E-state index >= 15 is 0 Å². The Balaban J connectivity index is 2.11. The van der Waals surface area contributed by atoms with Gasteiger partial charge in [-0.25, -0.2) is 9.38 Å². The summed E-state index contributed by atoms with van der Waals surface area (Å²) in [6.45, 7) is 0. The van der Waals surface area contributed by atoms with Crippen LogP contribution in [0.1, 0.15) is 5.56 Å². The third-order valence-corrected chi connectivity index (χ3v) is 3.95. The molecule has 0 saturated carbocycles. The van der Waals surface area contributed by atoms with E-state index in [1.807, 2.05) is 36.4 Å². The van der Waals surface area contributed by atoms with E-state index in [-0.39, 0.29) is 5.56 Å². The highest BCUT2D eigenvalue weighted by atomic mass is 32.1. The van der Waals surface area contributed by atoms with Crippen LogP contribution in [-0.2, 0) is 0 Å². The van der Waals surface area contributed by atoms with Gasteiger partial charge in [0.15, 0.2) is 4.96 Å². The molecule has 0 aliphatic carbocycles. The van der Waals surface area contributed by atoms with Gasteiger partial charge >= 0.3 is 0 Å². The van der Waals surface area contributed by atoms with E-state index < -0.39 is 0 Å². The first-order valence-corrected chi connectivity index (χ1v) is 6.58. The molecule has 92 valence electrons. The molecule has 3 aromatic heterocycles. The first kappa shape index (κ1) is 10.5. The first-order chi connectivity index (χ1) is 9.33. The molecule has 0 radical (unpaired) electrons. The monoisotopic (exact) mass is 268 g/mol. The normalized spacial score (nSPS) is 12.7. The van der Waals surface area contributed by atoms with Crippen LogP contribution in [0.15, 0.2) is 52.1 Å². The quantitative estimate of drug-likeness (QED) is 0.531. The van der Waals surface area contributed by atoms with Crippen molar-refractivity contribution in [1.82, 2.24) is 9.38 Å². The standard InChI is InChI=1S/C14H8N2O2S/c17-13-12(7-9-5-6-18-8-9)19-14-15-10-3-1-2-4-11(10)16(13)14/h1-8H/b12-7-. The van der Waals surface area contributed by atoms with Gasteiger partial charge in [0.05, 0.1) is 28.1 Å². The average molecular weight is 268 g/mol. The van der Waals surface area contributed by atoms with E-state index in [0.29, 0.717) is 4.53 Å². The number of fused-ring (bicyclic) bond motifs is 3. The molecule has 1 aromatic carbocycles. The molecule has 3 heterocycles. The number of aromatic nitrogens is 2. The molecule has 0 amide bonds. The number of hydrogen-bond donors (Lipinski definition) is 0. The Morgan fingerprint density at radius 2 is 2.16 bits per heavy atom. The molecule has 0 unspecified atom stereocenters. The van der Waals surface area contributed by atoms with E-state index in [4.69, 9.17) is 4.42 Å². The van der Waals surface area contributed by atoms with Crippen LogP contribution in [0.5, 0.6) is 0 Å². The van der Waals surface area contributed by atoms with Crippen molar-refractivity contribution < 1.29 is 4.42 Å². The number of nitrogens with zero attached hydrogens (tertiary/aromatic N) is 2. The molecule has 0 aliphatic heterocycles. The summed E-state index contributed by atoms with van der Waals surface area (Å²) in [6, 6.07) is 9.47. The Labute approximate surface area is 111 Å². The summed E-state index contributed by atoms with van der Waals surface area (Å²) in [7, 11) is 0. The number of thiazole rings is 1. The molecule has 4 rings (SSSR count). The van der Waals surface area contributed by atoms with Gasteiger partial charge in [-0.05, 0) is 24.3 Å². The van der Waals surface area contributed by atoms with Crippen LogP contribution in [0.4, 0.5) is 0 Å². The largest absolute Gasteiger partial charge is 0.472 e. The van der Waals surface area contributed by atoms with Crippen molar-refractivity contribution in [2.45, 2.75) is 0 Å². The van der Waals surface area contributed by atoms with Crippen molar-refractivity contribution in [3.63, 3.8) is 0 Å². The summed E-state index contributed by atoms with van der Waals surface area (Å²) in [5.74, 6) is 0. The predicted molar refractivity (Wildman–Crippen MR) is 74.3 cm³/mol. The zero-order valence-corrected chi connectivity index (χ0v) is 10.6. The summed E-state index contributed by atoms with van der Waals surface area (Å²) >= 11 is 1.39. The molecular formula is C14H8N2O2S. The van der Waals surface area contributed by atoms with Crippen molar-refractivity contribution in [2.24, 2.45) is 0 Å². The van der Waals surface area contributed by atoms with Crippen LogP contribution in [0.3, 0.4) is 0 Å². The van der Waals surface area contributed by atoms with Gasteiger partial charge in [-0.3, -0.25) is 4.79 Å². The number of imidazole rings is 1. The Bertz CT molecular complexity index is 980. The topological polar surface area (TPSA) is 47.5 Å². The molecule has 4 aromatic rings. The van der Waals surface area contributed by atoms with Gasteiger partial charge in [-0.1, -0.05) is 23.5 Å². The maximum absolute atomic E-state index is 12.4. The van der Waals surface area contributed by atoms with Gasteiger partial charge in [-0.15, -0.1) is 0 Å². The molecule has 0 saturated heterocycles. The van der Waals surface area contributed by atoms with Crippen LogP contribution in [0.2, 0.25) is 0 Å². The minimum atomic E-state index is -0.0325. The second-order valence-electron chi connectivity index (χ2n) is 4.19. The van der Waals surface area contributed by atoms with Gasteiger partial charge in [0.2, 0.25) is 0 Å². The molecule has 19 heavy (non-hydrogen) atoms. The van der Waals surface area contributed by atoms with E-state index in [9.17, 15) is 4.79 Å². The van der Waals surface area contributed by atoms with Gasteiger partial charge in [0.25, 0.3) is 5.56 Å². The summed E-state index contributed by atoms with van der Waals surface area (Å²) in [5.41, 5.74) is 2.55. The third kappa shape index (κ3) is 1.52. The maximum Gasteiger partial charge on any atom is 0.274 e. The third-order valence-electron chi connectivity index (χ3n) is 2.99. The predicted octanol–water partition coefficient (Wildman–Crippen LogP) is 2.05. The number of benzene rings is 1. The van der Waals surface area contributed by atoms with Crippen LogP contribution in [0, 0.1) is 0 Å². The Kier molecular flexibility index (Phi) is 2.10. The smallest absolute Gasteiger partial charge is 0.274 e. The van der Waals surface area contributed by atoms with E-state index in [2.05, 4.69) is 4.98 Å². The molecule has 0 aliphatic rings. The van der Waals surface area contributed by atoms with Crippen molar-refractivity contribution in [3.05, 3.63) is 63.3 Å². The minimum Gasteiger partial charge on any atom is -0.472 e. The fraction of sp³-hybridized carbons (Fsp3) is 0. The van der Waals surface area contributed by atoms with Crippen molar-refractivity contribution in [3.8, 4) is 0 Å². The Morgan fingerprint density at radius 1 is 1.26 bits per heavy atom. The average Bonchev–Trinajstić information content (AvgIpc) is 3.09. The van der Waals surface area contributed by atoms with Crippen LogP contribution < -0.4 is 10.1 Å². The molecule has 0 N–H and O–H groups in total. The first-order valence-electron chi connectivity index (χ1n) is 5.77. The second-order valence-corrected chi connectivity index (χ2v) is 5.20. The van der Waals surface area contributed by atoms with E-state index in [0.717, 1.165) is 21.6 Å². The van der Waals surface area contributed by atoms with E-state index in [1.54, 1.807) is 16.9 Å². The molecule has 4 nitrogen and oxygen atoms in total. The molecule has 0 atom stereocenters. The second kappa shape index (κ2) is 3.80. The number of para-hydroxylation sites is 2. The highest BCUT2D eigenvalue weighted by Gasteiger charge is 2.10. The zero-order valence-electron chi connectivity index (χ0n) is 9.74. The number of rotatable bonds is 1. The van der Waals surface area contributed by atoms with Crippen LogP contribution in [-0.4, -0.2) is 9.38 Å². The molecule has 5 heteroatoms. The summed E-state index contributed by atoms with van der Waals surface area (Å²) < 4.78 is 7.32. The lowest BCUT2D eigenvalue weighted by Gasteiger charge is -1.86. The van der Waals surface area contributed by atoms with E-state index in [1.165, 1.54) is 11.3 Å².